The average molecular weight is 297 g/mol. The van der Waals surface area contributed by atoms with Gasteiger partial charge in [-0.1, -0.05) is 25.3 Å². The third-order valence-corrected chi connectivity index (χ3v) is 5.04. The van der Waals surface area contributed by atoms with Crippen LogP contribution in [0.1, 0.15) is 37.7 Å². The lowest BCUT2D eigenvalue weighted by Gasteiger charge is -2.21. The van der Waals surface area contributed by atoms with Crippen LogP contribution in [0.4, 0.5) is 4.39 Å². The van der Waals surface area contributed by atoms with Crippen molar-refractivity contribution >= 4 is 11.8 Å². The summed E-state index contributed by atoms with van der Waals surface area (Å²) in [7, 11) is 1.68. The monoisotopic (exact) mass is 297 g/mol. The molecule has 0 bridgehead atoms. The highest BCUT2D eigenvalue weighted by molar-refractivity contribution is 8.00. The minimum absolute atomic E-state index is 0.0772. The van der Waals surface area contributed by atoms with E-state index in [0.29, 0.717) is 18.4 Å². The molecule has 112 valence electrons. The van der Waals surface area contributed by atoms with Crippen molar-refractivity contribution in [3.05, 3.63) is 29.6 Å². The highest BCUT2D eigenvalue weighted by atomic mass is 32.2. The smallest absolute Gasteiger partial charge is 0.137 e. The first kappa shape index (κ1) is 15.8. The van der Waals surface area contributed by atoms with E-state index in [1.165, 1.54) is 32.1 Å². The van der Waals surface area contributed by atoms with E-state index in [0.717, 1.165) is 17.0 Å². The van der Waals surface area contributed by atoms with E-state index >= 15 is 0 Å². The van der Waals surface area contributed by atoms with Gasteiger partial charge in [-0.05, 0) is 30.5 Å². The number of rotatable bonds is 7. The van der Waals surface area contributed by atoms with E-state index in [-0.39, 0.29) is 5.82 Å². The number of hydrogen-bond donors (Lipinski definition) is 1. The van der Waals surface area contributed by atoms with Crippen LogP contribution in [0.3, 0.4) is 0 Å². The first-order valence-electron chi connectivity index (χ1n) is 7.44. The van der Waals surface area contributed by atoms with Crippen LogP contribution in [-0.4, -0.2) is 25.5 Å². The lowest BCUT2D eigenvalue weighted by atomic mass is 10.0. The third kappa shape index (κ3) is 5.08. The summed E-state index contributed by atoms with van der Waals surface area (Å²) in [4.78, 5) is 0.803. The first-order valence-corrected chi connectivity index (χ1v) is 8.32. The molecule has 1 aliphatic rings. The summed E-state index contributed by atoms with van der Waals surface area (Å²) in [5, 5.41) is 3.83. The van der Waals surface area contributed by atoms with Crippen molar-refractivity contribution in [3.63, 3.8) is 0 Å². The Morgan fingerprint density at radius 3 is 2.80 bits per heavy atom. The van der Waals surface area contributed by atoms with E-state index in [1.807, 2.05) is 12.1 Å². The molecule has 2 rings (SSSR count). The van der Waals surface area contributed by atoms with Crippen molar-refractivity contribution in [1.29, 1.82) is 0 Å². The van der Waals surface area contributed by atoms with Gasteiger partial charge in [0.15, 0.2) is 0 Å². The van der Waals surface area contributed by atoms with Crippen LogP contribution in [-0.2, 0) is 11.3 Å². The Labute approximate surface area is 125 Å². The van der Waals surface area contributed by atoms with Crippen molar-refractivity contribution in [2.24, 2.45) is 0 Å². The van der Waals surface area contributed by atoms with Gasteiger partial charge in [-0.15, -0.1) is 11.8 Å². The standard InChI is InChI=1S/C16H24FNOS/c1-19-10-9-18-12-13-7-8-16(15(17)11-13)20-14-5-3-2-4-6-14/h7-8,11,14,18H,2-6,9-10,12H2,1H3. The number of methoxy groups -OCH3 is 1. The predicted octanol–water partition coefficient (Wildman–Crippen LogP) is 3.99. The van der Waals surface area contributed by atoms with E-state index in [2.05, 4.69) is 5.32 Å². The van der Waals surface area contributed by atoms with Crippen LogP contribution < -0.4 is 5.32 Å². The molecule has 1 saturated carbocycles. The van der Waals surface area contributed by atoms with Crippen molar-refractivity contribution in [2.45, 2.75) is 48.8 Å². The van der Waals surface area contributed by atoms with Crippen LogP contribution in [0.25, 0.3) is 0 Å². The fourth-order valence-electron chi connectivity index (χ4n) is 2.52. The molecular formula is C16H24FNOS. The minimum Gasteiger partial charge on any atom is -0.383 e. The number of ether oxygens (including phenoxy) is 1. The highest BCUT2D eigenvalue weighted by Crippen LogP contribution is 2.34. The van der Waals surface area contributed by atoms with Crippen LogP contribution in [0, 0.1) is 5.82 Å². The lowest BCUT2D eigenvalue weighted by Crippen LogP contribution is -2.18. The normalized spacial score (nSPS) is 16.5. The van der Waals surface area contributed by atoms with Gasteiger partial charge in [0.1, 0.15) is 5.82 Å². The van der Waals surface area contributed by atoms with Gasteiger partial charge in [0, 0.05) is 30.3 Å². The Morgan fingerprint density at radius 1 is 1.30 bits per heavy atom. The second kappa shape index (κ2) is 8.65. The maximum atomic E-state index is 14.1. The topological polar surface area (TPSA) is 21.3 Å². The van der Waals surface area contributed by atoms with Crippen LogP contribution >= 0.6 is 11.8 Å². The van der Waals surface area contributed by atoms with E-state index in [4.69, 9.17) is 4.74 Å². The molecule has 0 spiro atoms. The molecule has 0 radical (unpaired) electrons. The Bertz CT molecular complexity index is 407. The van der Waals surface area contributed by atoms with Gasteiger partial charge >= 0.3 is 0 Å². The maximum absolute atomic E-state index is 14.1. The van der Waals surface area contributed by atoms with Gasteiger partial charge < -0.3 is 10.1 Å². The van der Waals surface area contributed by atoms with Crippen molar-refractivity contribution in [1.82, 2.24) is 5.32 Å². The van der Waals surface area contributed by atoms with Crippen molar-refractivity contribution in [2.75, 3.05) is 20.3 Å². The molecule has 1 aromatic carbocycles. The third-order valence-electron chi connectivity index (χ3n) is 3.65. The summed E-state index contributed by atoms with van der Waals surface area (Å²) in [6.45, 7) is 2.16. The summed E-state index contributed by atoms with van der Waals surface area (Å²) in [5.41, 5.74) is 0.992. The van der Waals surface area contributed by atoms with Gasteiger partial charge in [0.25, 0.3) is 0 Å². The summed E-state index contributed by atoms with van der Waals surface area (Å²) >= 11 is 1.72. The molecule has 1 N–H and O–H groups in total. The molecule has 1 fully saturated rings. The van der Waals surface area contributed by atoms with Gasteiger partial charge in [-0.2, -0.15) is 0 Å². The molecule has 2 nitrogen and oxygen atoms in total. The number of benzene rings is 1. The summed E-state index contributed by atoms with van der Waals surface area (Å²) in [5.74, 6) is -0.0772. The Hall–Kier alpha value is -0.580. The molecule has 0 amide bonds. The zero-order valence-electron chi connectivity index (χ0n) is 12.2. The second-order valence-corrected chi connectivity index (χ2v) is 6.65. The number of halogens is 1. The molecule has 1 aliphatic carbocycles. The Kier molecular flexibility index (Phi) is 6.83. The van der Waals surface area contributed by atoms with Crippen LogP contribution in [0.15, 0.2) is 23.1 Å². The lowest BCUT2D eigenvalue weighted by molar-refractivity contribution is 0.199. The molecule has 20 heavy (non-hydrogen) atoms. The fourth-order valence-corrected chi connectivity index (χ4v) is 3.77. The van der Waals surface area contributed by atoms with E-state index in [1.54, 1.807) is 24.9 Å². The second-order valence-electron chi connectivity index (χ2n) is 5.31. The molecular weight excluding hydrogens is 273 g/mol. The summed E-state index contributed by atoms with van der Waals surface area (Å²) in [6.07, 6.45) is 6.38. The molecule has 0 heterocycles. The van der Waals surface area contributed by atoms with Gasteiger partial charge in [0.05, 0.1) is 6.61 Å². The maximum Gasteiger partial charge on any atom is 0.137 e. The SMILES string of the molecule is COCCNCc1ccc(SC2CCCCC2)c(F)c1. The van der Waals surface area contributed by atoms with E-state index < -0.39 is 0 Å². The minimum atomic E-state index is -0.0772. The number of thioether (sulfide) groups is 1. The Balaban J connectivity index is 1.85. The predicted molar refractivity (Wildman–Crippen MR) is 82.7 cm³/mol. The molecule has 0 aromatic heterocycles. The quantitative estimate of drug-likeness (QED) is 0.769. The molecule has 0 atom stereocenters. The fraction of sp³-hybridized carbons (Fsp3) is 0.625. The Morgan fingerprint density at radius 2 is 2.10 bits per heavy atom. The average Bonchev–Trinajstić information content (AvgIpc) is 2.47. The van der Waals surface area contributed by atoms with Crippen LogP contribution in [0.5, 0.6) is 0 Å². The van der Waals surface area contributed by atoms with Crippen molar-refractivity contribution in [3.8, 4) is 0 Å². The zero-order valence-corrected chi connectivity index (χ0v) is 13.0. The summed E-state index contributed by atoms with van der Waals surface area (Å²) < 4.78 is 19.1. The molecule has 1 aromatic rings. The first-order chi connectivity index (χ1) is 9.79. The molecule has 0 unspecified atom stereocenters. The number of hydrogen-bond acceptors (Lipinski definition) is 3. The van der Waals surface area contributed by atoms with Crippen molar-refractivity contribution < 1.29 is 9.13 Å². The summed E-state index contributed by atoms with van der Waals surface area (Å²) in [6, 6.07) is 5.61. The molecule has 0 saturated heterocycles. The van der Waals surface area contributed by atoms with Gasteiger partial charge in [-0.25, -0.2) is 4.39 Å². The van der Waals surface area contributed by atoms with Gasteiger partial charge in [-0.3, -0.25) is 0 Å². The zero-order chi connectivity index (χ0) is 14.2. The largest absolute Gasteiger partial charge is 0.383 e. The number of nitrogens with one attached hydrogen (secondary N) is 1. The molecule has 4 heteroatoms. The highest BCUT2D eigenvalue weighted by Gasteiger charge is 2.16. The van der Waals surface area contributed by atoms with Gasteiger partial charge in [0.2, 0.25) is 0 Å². The van der Waals surface area contributed by atoms with E-state index in [9.17, 15) is 4.39 Å². The van der Waals surface area contributed by atoms with Crippen LogP contribution in [0.2, 0.25) is 0 Å². The molecule has 0 aliphatic heterocycles.